The molecule has 4 aromatic rings. The molecule has 28 heavy (non-hydrogen) atoms. The van der Waals surface area contributed by atoms with E-state index in [4.69, 9.17) is 5.73 Å². The predicted molar refractivity (Wildman–Crippen MR) is 110 cm³/mol. The molecule has 2 aromatic heterocycles. The van der Waals surface area contributed by atoms with E-state index < -0.39 is 4.92 Å². The molecule has 138 valence electrons. The number of hydrogen-bond donors (Lipinski definition) is 2. The Labute approximate surface area is 163 Å². The molecule has 0 amide bonds. The van der Waals surface area contributed by atoms with Gasteiger partial charge in [0.15, 0.2) is 0 Å². The molecule has 2 heterocycles. The van der Waals surface area contributed by atoms with Gasteiger partial charge in [0.05, 0.1) is 21.7 Å². The number of thiophene rings is 1. The Hall–Kier alpha value is -3.78. The van der Waals surface area contributed by atoms with Crippen molar-refractivity contribution in [3.63, 3.8) is 0 Å². The number of nitro groups is 1. The molecule has 4 rings (SSSR count). The van der Waals surface area contributed by atoms with Gasteiger partial charge < -0.3 is 11.1 Å². The largest absolute Gasteiger partial charge is 0.397 e. The number of nitrogens with two attached hydrogens (primary N) is 1. The van der Waals surface area contributed by atoms with Gasteiger partial charge in [0.25, 0.3) is 5.69 Å². The van der Waals surface area contributed by atoms with E-state index in [9.17, 15) is 14.9 Å². The molecule has 0 spiro atoms. The molecule has 0 aliphatic carbocycles. The first kappa shape index (κ1) is 17.6. The summed E-state index contributed by atoms with van der Waals surface area (Å²) < 4.78 is 0. The average Bonchev–Trinajstić information content (AvgIpc) is 3.06. The molecule has 0 bridgehead atoms. The number of ketones is 1. The molecule has 0 saturated heterocycles. The fourth-order valence-electron chi connectivity index (χ4n) is 2.89. The second-order valence-corrected chi connectivity index (χ2v) is 7.01. The van der Waals surface area contributed by atoms with Crippen LogP contribution in [0.25, 0.3) is 10.2 Å². The summed E-state index contributed by atoms with van der Waals surface area (Å²) in [7, 11) is 0. The van der Waals surface area contributed by atoms with Crippen molar-refractivity contribution in [1.82, 2.24) is 4.98 Å². The Kier molecular flexibility index (Phi) is 4.46. The normalized spacial score (nSPS) is 10.7. The van der Waals surface area contributed by atoms with Gasteiger partial charge in [0.1, 0.15) is 9.71 Å². The van der Waals surface area contributed by atoms with Crippen molar-refractivity contribution in [2.75, 3.05) is 11.1 Å². The summed E-state index contributed by atoms with van der Waals surface area (Å²) in [5.41, 5.74) is 8.30. The van der Waals surface area contributed by atoms with E-state index in [0.29, 0.717) is 20.8 Å². The number of hydrogen-bond acceptors (Lipinski definition) is 7. The number of fused-ring (bicyclic) bond motifs is 1. The van der Waals surface area contributed by atoms with E-state index in [2.05, 4.69) is 10.3 Å². The fourth-order valence-corrected chi connectivity index (χ4v) is 3.94. The van der Waals surface area contributed by atoms with E-state index in [1.807, 2.05) is 30.3 Å². The maximum absolute atomic E-state index is 12.9. The summed E-state index contributed by atoms with van der Waals surface area (Å²) in [4.78, 5) is 28.7. The van der Waals surface area contributed by atoms with E-state index in [-0.39, 0.29) is 17.0 Å². The van der Waals surface area contributed by atoms with Crippen LogP contribution in [-0.4, -0.2) is 15.7 Å². The van der Waals surface area contributed by atoms with Crippen molar-refractivity contribution in [2.24, 2.45) is 0 Å². The molecule has 3 N–H and O–H groups in total. The number of carbonyl (C=O) groups excluding carboxylic acids is 1. The van der Waals surface area contributed by atoms with Gasteiger partial charge in [-0.25, -0.2) is 4.98 Å². The van der Waals surface area contributed by atoms with Gasteiger partial charge in [0, 0.05) is 29.6 Å². The van der Waals surface area contributed by atoms with Crippen LogP contribution in [0.4, 0.5) is 22.7 Å². The summed E-state index contributed by atoms with van der Waals surface area (Å²) in [6, 6.07) is 17.0. The third-order valence-corrected chi connectivity index (χ3v) is 5.32. The SMILES string of the molecule is Nc1c(C(=O)c2cccc([N+](=O)[O-])c2)sc2nccc(Nc3ccccc3)c12. The lowest BCUT2D eigenvalue weighted by Gasteiger charge is -2.08. The highest BCUT2D eigenvalue weighted by molar-refractivity contribution is 7.21. The summed E-state index contributed by atoms with van der Waals surface area (Å²) >= 11 is 1.17. The summed E-state index contributed by atoms with van der Waals surface area (Å²) in [6.07, 6.45) is 1.64. The number of nitrogen functional groups attached to an aromatic ring is 1. The summed E-state index contributed by atoms with van der Waals surface area (Å²) in [5.74, 6) is -0.366. The van der Waals surface area contributed by atoms with Gasteiger partial charge in [-0.3, -0.25) is 14.9 Å². The minimum Gasteiger partial charge on any atom is -0.397 e. The standard InChI is InChI=1S/C20H14N4O3S/c21-17-16-15(23-13-6-2-1-3-7-13)9-10-22-20(16)28-19(17)18(25)12-5-4-8-14(11-12)24(26)27/h1-11H,21H2,(H,22,23). The average molecular weight is 390 g/mol. The minimum atomic E-state index is -0.533. The number of rotatable bonds is 5. The highest BCUT2D eigenvalue weighted by atomic mass is 32.1. The summed E-state index contributed by atoms with van der Waals surface area (Å²) in [5, 5.41) is 14.9. The van der Waals surface area contributed by atoms with E-state index in [1.54, 1.807) is 12.3 Å². The lowest BCUT2D eigenvalue weighted by molar-refractivity contribution is -0.384. The highest BCUT2D eigenvalue weighted by Gasteiger charge is 2.22. The highest BCUT2D eigenvalue weighted by Crippen LogP contribution is 2.39. The van der Waals surface area contributed by atoms with Crippen molar-refractivity contribution in [3.05, 3.63) is 87.4 Å². The minimum absolute atomic E-state index is 0.143. The summed E-state index contributed by atoms with van der Waals surface area (Å²) in [6.45, 7) is 0. The number of benzene rings is 2. The number of para-hydroxylation sites is 1. The second-order valence-electron chi connectivity index (χ2n) is 6.01. The van der Waals surface area contributed by atoms with E-state index in [0.717, 1.165) is 11.4 Å². The first-order valence-electron chi connectivity index (χ1n) is 8.33. The molecular formula is C20H14N4O3S. The van der Waals surface area contributed by atoms with Gasteiger partial charge in [0.2, 0.25) is 5.78 Å². The Morgan fingerprint density at radius 3 is 2.64 bits per heavy atom. The van der Waals surface area contributed by atoms with Crippen molar-refractivity contribution in [1.29, 1.82) is 0 Å². The number of nitrogens with zero attached hydrogens (tertiary/aromatic N) is 2. The van der Waals surface area contributed by atoms with Crippen LogP contribution in [0.2, 0.25) is 0 Å². The third kappa shape index (κ3) is 3.17. The molecule has 8 heteroatoms. The van der Waals surface area contributed by atoms with Crippen LogP contribution < -0.4 is 11.1 Å². The molecule has 0 atom stereocenters. The lowest BCUT2D eigenvalue weighted by atomic mass is 10.1. The van der Waals surface area contributed by atoms with Gasteiger partial charge in [-0.15, -0.1) is 11.3 Å². The van der Waals surface area contributed by atoms with Crippen LogP contribution in [0, 0.1) is 10.1 Å². The number of anilines is 3. The van der Waals surface area contributed by atoms with Crippen LogP contribution in [0.15, 0.2) is 66.9 Å². The van der Waals surface area contributed by atoms with Gasteiger partial charge >= 0.3 is 0 Å². The van der Waals surface area contributed by atoms with Crippen LogP contribution in [-0.2, 0) is 0 Å². The maximum atomic E-state index is 12.9. The number of nitro benzene ring substituents is 1. The van der Waals surface area contributed by atoms with Gasteiger partial charge in [-0.2, -0.15) is 0 Å². The van der Waals surface area contributed by atoms with Crippen LogP contribution in [0.1, 0.15) is 15.2 Å². The van der Waals surface area contributed by atoms with Gasteiger partial charge in [-0.05, 0) is 18.2 Å². The molecule has 2 aromatic carbocycles. The Balaban J connectivity index is 1.78. The topological polar surface area (TPSA) is 111 Å². The molecular weight excluding hydrogens is 376 g/mol. The predicted octanol–water partition coefficient (Wildman–Crippen LogP) is 4.76. The molecule has 0 fully saturated rings. The van der Waals surface area contributed by atoms with Crippen molar-refractivity contribution in [3.8, 4) is 0 Å². The first-order chi connectivity index (χ1) is 13.5. The number of carbonyl (C=O) groups is 1. The molecule has 0 saturated carbocycles. The monoisotopic (exact) mass is 390 g/mol. The molecule has 0 unspecified atom stereocenters. The number of nitrogens with one attached hydrogen (secondary N) is 1. The molecule has 7 nitrogen and oxygen atoms in total. The van der Waals surface area contributed by atoms with E-state index >= 15 is 0 Å². The third-order valence-electron chi connectivity index (χ3n) is 4.21. The zero-order chi connectivity index (χ0) is 19.7. The fraction of sp³-hybridized carbons (Fsp3) is 0. The van der Waals surface area contributed by atoms with Crippen LogP contribution >= 0.6 is 11.3 Å². The van der Waals surface area contributed by atoms with Crippen molar-refractivity contribution < 1.29 is 9.72 Å². The lowest BCUT2D eigenvalue weighted by Crippen LogP contribution is -2.03. The molecule has 0 aliphatic heterocycles. The zero-order valence-corrected chi connectivity index (χ0v) is 15.3. The van der Waals surface area contributed by atoms with Gasteiger partial charge in [-0.1, -0.05) is 30.3 Å². The number of non-ortho nitro benzene ring substituents is 1. The number of aromatic nitrogens is 1. The molecule has 0 aliphatic rings. The van der Waals surface area contributed by atoms with Crippen LogP contribution in [0.5, 0.6) is 0 Å². The first-order valence-corrected chi connectivity index (χ1v) is 9.14. The quantitative estimate of drug-likeness (QED) is 0.289. The Morgan fingerprint density at radius 2 is 1.89 bits per heavy atom. The van der Waals surface area contributed by atoms with Crippen molar-refractivity contribution in [2.45, 2.75) is 0 Å². The number of pyridine rings is 1. The Bertz CT molecular complexity index is 1200. The van der Waals surface area contributed by atoms with Crippen molar-refractivity contribution >= 4 is 50.1 Å². The maximum Gasteiger partial charge on any atom is 0.270 e. The zero-order valence-electron chi connectivity index (χ0n) is 14.5. The second kappa shape index (κ2) is 7.09. The smallest absolute Gasteiger partial charge is 0.270 e. The Morgan fingerprint density at radius 1 is 1.11 bits per heavy atom. The van der Waals surface area contributed by atoms with E-state index in [1.165, 1.54) is 35.6 Å². The van der Waals surface area contributed by atoms with Crippen LogP contribution in [0.3, 0.4) is 0 Å². The molecule has 0 radical (unpaired) electrons.